The number of phenolic OH excluding ortho intramolecular Hbond substituents is 1. The Bertz CT molecular complexity index is 360. The summed E-state index contributed by atoms with van der Waals surface area (Å²) in [6.45, 7) is 2.35. The minimum atomic E-state index is 0.0364. The lowest BCUT2D eigenvalue weighted by atomic mass is 10.1. The lowest BCUT2D eigenvalue weighted by Crippen LogP contribution is -1.97. The maximum absolute atomic E-state index is 10.3. The Hall–Kier alpha value is -1.71. The number of carbonyl (C=O) groups excluding carboxylic acids is 1. The summed E-state index contributed by atoms with van der Waals surface area (Å²) in [5.74, 6) is 0.872. The second-order valence-corrected chi connectivity index (χ2v) is 3.28. The quantitative estimate of drug-likeness (QED) is 0.750. The van der Waals surface area contributed by atoms with Crippen LogP contribution in [-0.4, -0.2) is 25.1 Å². The number of methoxy groups -OCH3 is 1. The van der Waals surface area contributed by atoms with Gasteiger partial charge in [-0.05, 0) is 31.0 Å². The Morgan fingerprint density at radius 3 is 2.75 bits per heavy atom. The van der Waals surface area contributed by atoms with Crippen molar-refractivity contribution in [3.05, 3.63) is 17.7 Å². The number of phenols is 1. The highest BCUT2D eigenvalue weighted by molar-refractivity contribution is 5.55. The number of benzene rings is 1. The number of hydrogen-bond acceptors (Lipinski definition) is 4. The summed E-state index contributed by atoms with van der Waals surface area (Å²) in [6, 6.07) is 3.37. The summed E-state index contributed by atoms with van der Waals surface area (Å²) >= 11 is 0. The molecule has 0 amide bonds. The van der Waals surface area contributed by atoms with E-state index >= 15 is 0 Å². The normalized spacial score (nSPS) is 9.88. The molecule has 88 valence electrons. The van der Waals surface area contributed by atoms with E-state index in [1.54, 1.807) is 12.1 Å². The van der Waals surface area contributed by atoms with Crippen LogP contribution in [0.1, 0.15) is 18.9 Å². The van der Waals surface area contributed by atoms with Gasteiger partial charge in [0.15, 0.2) is 11.5 Å². The fourth-order valence-corrected chi connectivity index (χ4v) is 1.48. The molecule has 16 heavy (non-hydrogen) atoms. The number of carbonyl (C=O) groups is 1. The van der Waals surface area contributed by atoms with Crippen molar-refractivity contribution in [3.63, 3.8) is 0 Å². The summed E-state index contributed by atoms with van der Waals surface area (Å²) in [6.07, 6.45) is 1.86. The van der Waals surface area contributed by atoms with Gasteiger partial charge >= 0.3 is 0 Å². The molecule has 4 nitrogen and oxygen atoms in total. The standard InChI is InChI=1S/C12H16O4/c1-3-16-11-8-9(5-4-6-13)7-10(14)12(11)15-2/h6-8,14H,3-5H2,1-2H3. The van der Waals surface area contributed by atoms with E-state index in [0.29, 0.717) is 30.9 Å². The second kappa shape index (κ2) is 6.00. The zero-order chi connectivity index (χ0) is 12.0. The van der Waals surface area contributed by atoms with Gasteiger partial charge in [-0.2, -0.15) is 0 Å². The Morgan fingerprint density at radius 1 is 1.44 bits per heavy atom. The maximum atomic E-state index is 10.3. The van der Waals surface area contributed by atoms with Gasteiger partial charge in [-0.25, -0.2) is 0 Å². The third-order valence-corrected chi connectivity index (χ3v) is 2.15. The van der Waals surface area contributed by atoms with Crippen LogP contribution in [0.5, 0.6) is 17.2 Å². The Morgan fingerprint density at radius 2 is 2.19 bits per heavy atom. The first kappa shape index (κ1) is 12.4. The van der Waals surface area contributed by atoms with Crippen molar-refractivity contribution in [2.75, 3.05) is 13.7 Å². The molecular formula is C12H16O4. The van der Waals surface area contributed by atoms with Crippen LogP contribution in [0.25, 0.3) is 0 Å². The first-order valence-electron chi connectivity index (χ1n) is 5.19. The third kappa shape index (κ3) is 2.89. The van der Waals surface area contributed by atoms with Crippen LogP contribution >= 0.6 is 0 Å². The van der Waals surface area contributed by atoms with Crippen LogP contribution < -0.4 is 9.47 Å². The fourth-order valence-electron chi connectivity index (χ4n) is 1.48. The molecule has 0 atom stereocenters. The fraction of sp³-hybridized carbons (Fsp3) is 0.417. The van der Waals surface area contributed by atoms with Crippen molar-refractivity contribution >= 4 is 6.29 Å². The van der Waals surface area contributed by atoms with Gasteiger partial charge in [-0.15, -0.1) is 0 Å². The molecule has 0 aliphatic heterocycles. The Labute approximate surface area is 94.8 Å². The molecular weight excluding hydrogens is 208 g/mol. The third-order valence-electron chi connectivity index (χ3n) is 2.15. The number of ether oxygens (including phenoxy) is 2. The molecule has 0 saturated heterocycles. The SMILES string of the molecule is CCOc1cc(CCC=O)cc(O)c1OC. The molecule has 0 aliphatic carbocycles. The molecule has 0 bridgehead atoms. The minimum absolute atomic E-state index is 0.0364. The predicted octanol–water partition coefficient (Wildman–Crippen LogP) is 1.93. The molecule has 1 aromatic rings. The molecule has 1 N–H and O–H groups in total. The van der Waals surface area contributed by atoms with Crippen LogP contribution in [0.2, 0.25) is 0 Å². The van der Waals surface area contributed by atoms with Gasteiger partial charge in [0.2, 0.25) is 5.75 Å². The first-order chi connectivity index (χ1) is 7.72. The van der Waals surface area contributed by atoms with Crippen LogP contribution in [0.3, 0.4) is 0 Å². The van der Waals surface area contributed by atoms with Crippen LogP contribution in [-0.2, 0) is 11.2 Å². The molecule has 4 heteroatoms. The number of aldehydes is 1. The Kier molecular flexibility index (Phi) is 4.64. The zero-order valence-electron chi connectivity index (χ0n) is 9.53. The summed E-state index contributed by atoms with van der Waals surface area (Å²) in [5.41, 5.74) is 0.855. The number of rotatable bonds is 6. The lowest BCUT2D eigenvalue weighted by molar-refractivity contribution is -0.107. The van der Waals surface area contributed by atoms with Gasteiger partial charge in [0.05, 0.1) is 13.7 Å². The molecule has 0 radical (unpaired) electrons. The summed E-state index contributed by atoms with van der Waals surface area (Å²) < 4.78 is 10.4. The maximum Gasteiger partial charge on any atom is 0.203 e. The zero-order valence-corrected chi connectivity index (χ0v) is 9.53. The highest BCUT2D eigenvalue weighted by Crippen LogP contribution is 2.37. The molecule has 0 fully saturated rings. The predicted molar refractivity (Wildman–Crippen MR) is 60.2 cm³/mol. The molecule has 1 rings (SSSR count). The van der Waals surface area contributed by atoms with E-state index in [2.05, 4.69) is 0 Å². The molecule has 0 saturated carbocycles. The van der Waals surface area contributed by atoms with Crippen molar-refractivity contribution in [3.8, 4) is 17.2 Å². The smallest absolute Gasteiger partial charge is 0.203 e. The second-order valence-electron chi connectivity index (χ2n) is 3.28. The van der Waals surface area contributed by atoms with E-state index in [0.717, 1.165) is 11.8 Å². The Balaban J connectivity index is 3.01. The van der Waals surface area contributed by atoms with Gasteiger partial charge < -0.3 is 19.4 Å². The van der Waals surface area contributed by atoms with Gasteiger partial charge in [0, 0.05) is 6.42 Å². The van der Waals surface area contributed by atoms with Crippen molar-refractivity contribution in [1.29, 1.82) is 0 Å². The topological polar surface area (TPSA) is 55.8 Å². The molecule has 0 aromatic heterocycles. The van der Waals surface area contributed by atoms with Crippen molar-refractivity contribution < 1.29 is 19.4 Å². The van der Waals surface area contributed by atoms with Gasteiger partial charge in [-0.1, -0.05) is 0 Å². The van der Waals surface area contributed by atoms with Gasteiger partial charge in [-0.3, -0.25) is 0 Å². The van der Waals surface area contributed by atoms with E-state index < -0.39 is 0 Å². The van der Waals surface area contributed by atoms with Crippen LogP contribution in [0, 0.1) is 0 Å². The molecule has 0 aliphatic rings. The largest absolute Gasteiger partial charge is 0.504 e. The van der Waals surface area contributed by atoms with E-state index in [1.807, 2.05) is 6.92 Å². The average Bonchev–Trinajstić information content (AvgIpc) is 2.26. The summed E-state index contributed by atoms with van der Waals surface area (Å²) in [5, 5.41) is 9.70. The molecule has 0 spiro atoms. The van der Waals surface area contributed by atoms with E-state index in [9.17, 15) is 9.90 Å². The first-order valence-corrected chi connectivity index (χ1v) is 5.19. The summed E-state index contributed by atoms with van der Waals surface area (Å²) in [4.78, 5) is 10.3. The molecule has 0 heterocycles. The van der Waals surface area contributed by atoms with E-state index in [1.165, 1.54) is 7.11 Å². The number of aryl methyl sites for hydroxylation is 1. The molecule has 0 unspecified atom stereocenters. The van der Waals surface area contributed by atoms with Gasteiger partial charge in [0.25, 0.3) is 0 Å². The van der Waals surface area contributed by atoms with E-state index in [-0.39, 0.29) is 5.75 Å². The van der Waals surface area contributed by atoms with Gasteiger partial charge in [0.1, 0.15) is 6.29 Å². The number of hydrogen-bond donors (Lipinski definition) is 1. The molecule has 1 aromatic carbocycles. The van der Waals surface area contributed by atoms with Crippen molar-refractivity contribution in [1.82, 2.24) is 0 Å². The number of aromatic hydroxyl groups is 1. The monoisotopic (exact) mass is 224 g/mol. The highest BCUT2D eigenvalue weighted by atomic mass is 16.5. The van der Waals surface area contributed by atoms with Crippen LogP contribution in [0.4, 0.5) is 0 Å². The summed E-state index contributed by atoms with van der Waals surface area (Å²) in [7, 11) is 1.47. The minimum Gasteiger partial charge on any atom is -0.504 e. The van der Waals surface area contributed by atoms with Crippen molar-refractivity contribution in [2.24, 2.45) is 0 Å². The van der Waals surface area contributed by atoms with Crippen LogP contribution in [0.15, 0.2) is 12.1 Å². The lowest BCUT2D eigenvalue weighted by Gasteiger charge is -2.12. The van der Waals surface area contributed by atoms with E-state index in [4.69, 9.17) is 9.47 Å². The van der Waals surface area contributed by atoms with Crippen molar-refractivity contribution in [2.45, 2.75) is 19.8 Å². The average molecular weight is 224 g/mol. The highest BCUT2D eigenvalue weighted by Gasteiger charge is 2.11.